The first kappa shape index (κ1) is 19.8. The highest BCUT2D eigenvalue weighted by atomic mass is 19.4. The maximum atomic E-state index is 13.6. The standard InChI is InChI=1S/C21H18F3N5O.3H2/c22-21(23,24)16-8-9-17(26-14(12-30)11-13-5-2-1-3-6-13)27-19(16)18-15-7-4-10-25-20(15)29-28-18;;;/h1-10,14,30H,11-12H2,(H,26,27)(H,25,28,29);3*1H/t14-;;;/m0.../s1. The van der Waals surface area contributed by atoms with Gasteiger partial charge in [-0.1, -0.05) is 30.3 Å². The smallest absolute Gasteiger partial charge is 0.394 e. The Balaban J connectivity index is 0.00000181. The average Bonchev–Trinajstić information content (AvgIpc) is 3.17. The van der Waals surface area contributed by atoms with Crippen LogP contribution in [0.25, 0.3) is 22.4 Å². The Labute approximate surface area is 174 Å². The number of hydrogen-bond donors (Lipinski definition) is 3. The highest BCUT2D eigenvalue weighted by molar-refractivity contribution is 5.90. The van der Waals surface area contributed by atoms with E-state index in [1.165, 1.54) is 12.3 Å². The average molecular weight is 419 g/mol. The summed E-state index contributed by atoms with van der Waals surface area (Å²) in [6.45, 7) is -0.205. The van der Waals surface area contributed by atoms with Gasteiger partial charge in [-0.3, -0.25) is 5.10 Å². The van der Waals surface area contributed by atoms with Crippen molar-refractivity contribution in [2.75, 3.05) is 11.9 Å². The number of nitrogens with zero attached hydrogens (tertiary/aromatic N) is 3. The summed E-state index contributed by atoms with van der Waals surface area (Å²) in [4.78, 5) is 8.27. The van der Waals surface area contributed by atoms with Crippen LogP contribution >= 0.6 is 0 Å². The Morgan fingerprint density at radius 2 is 1.87 bits per heavy atom. The van der Waals surface area contributed by atoms with Gasteiger partial charge in [-0.15, -0.1) is 0 Å². The quantitative estimate of drug-likeness (QED) is 0.418. The zero-order chi connectivity index (χ0) is 21.1. The van der Waals surface area contributed by atoms with Crippen LogP contribution in [0.3, 0.4) is 0 Å². The molecule has 0 radical (unpaired) electrons. The number of aromatic nitrogens is 4. The largest absolute Gasteiger partial charge is 0.418 e. The SMILES string of the molecule is OC[C@H](Cc1ccccc1)Nc1ccc(C(F)(F)F)c(-c2[nH]nc3ncccc23)n1.[HH].[HH].[HH]. The molecule has 0 amide bonds. The molecule has 0 unspecified atom stereocenters. The number of pyridine rings is 2. The molecule has 1 atom stereocenters. The summed E-state index contributed by atoms with van der Waals surface area (Å²) in [5.74, 6) is 0.222. The number of hydrogen-bond acceptors (Lipinski definition) is 5. The molecular formula is C21H24F3N5O. The summed E-state index contributed by atoms with van der Waals surface area (Å²) >= 11 is 0. The van der Waals surface area contributed by atoms with Crippen molar-refractivity contribution in [1.29, 1.82) is 0 Å². The predicted octanol–water partition coefficient (Wildman–Crippen LogP) is 4.79. The maximum absolute atomic E-state index is 13.6. The second-order valence-corrected chi connectivity index (χ2v) is 6.78. The van der Waals surface area contributed by atoms with Gasteiger partial charge in [0.15, 0.2) is 5.65 Å². The molecule has 0 saturated heterocycles. The van der Waals surface area contributed by atoms with E-state index in [0.29, 0.717) is 17.5 Å². The topological polar surface area (TPSA) is 86.7 Å². The molecule has 9 heteroatoms. The number of aliphatic hydroxyl groups is 1. The minimum absolute atomic E-state index is 0. The van der Waals surface area contributed by atoms with Crippen LogP contribution < -0.4 is 5.32 Å². The third-order valence-corrected chi connectivity index (χ3v) is 4.66. The lowest BCUT2D eigenvalue weighted by atomic mass is 10.1. The van der Waals surface area contributed by atoms with Crippen molar-refractivity contribution in [2.24, 2.45) is 0 Å². The van der Waals surface area contributed by atoms with Crippen LogP contribution in [-0.4, -0.2) is 37.9 Å². The number of aromatic amines is 1. The molecule has 0 spiro atoms. The Hall–Kier alpha value is -3.46. The highest BCUT2D eigenvalue weighted by Gasteiger charge is 2.35. The molecule has 0 saturated carbocycles. The molecule has 0 aliphatic carbocycles. The number of alkyl halides is 3. The number of halogens is 3. The number of aliphatic hydroxyl groups excluding tert-OH is 1. The van der Waals surface area contributed by atoms with Gasteiger partial charge in [0.1, 0.15) is 11.5 Å². The fraction of sp³-hybridized carbons (Fsp3) is 0.190. The number of H-pyrrole nitrogens is 1. The Bertz CT molecular complexity index is 1160. The first-order chi connectivity index (χ1) is 14.5. The van der Waals surface area contributed by atoms with E-state index in [9.17, 15) is 18.3 Å². The maximum Gasteiger partial charge on any atom is 0.418 e. The van der Waals surface area contributed by atoms with Crippen molar-refractivity contribution in [3.8, 4) is 11.4 Å². The van der Waals surface area contributed by atoms with Crippen LogP contribution in [0.4, 0.5) is 19.0 Å². The normalized spacial score (nSPS) is 12.8. The summed E-state index contributed by atoms with van der Waals surface area (Å²) in [6.07, 6.45) is -2.59. The minimum Gasteiger partial charge on any atom is -0.394 e. The fourth-order valence-corrected chi connectivity index (χ4v) is 3.26. The third-order valence-electron chi connectivity index (χ3n) is 4.66. The second-order valence-electron chi connectivity index (χ2n) is 6.78. The van der Waals surface area contributed by atoms with E-state index in [1.54, 1.807) is 12.1 Å². The van der Waals surface area contributed by atoms with Crippen LogP contribution in [0.15, 0.2) is 60.8 Å². The molecule has 1 aromatic carbocycles. The van der Waals surface area contributed by atoms with Gasteiger partial charge in [0.25, 0.3) is 0 Å². The van der Waals surface area contributed by atoms with E-state index in [4.69, 9.17) is 0 Å². The van der Waals surface area contributed by atoms with E-state index < -0.39 is 17.8 Å². The van der Waals surface area contributed by atoms with E-state index in [2.05, 4.69) is 25.5 Å². The molecule has 30 heavy (non-hydrogen) atoms. The van der Waals surface area contributed by atoms with E-state index >= 15 is 0 Å². The fourth-order valence-electron chi connectivity index (χ4n) is 3.26. The molecule has 160 valence electrons. The lowest BCUT2D eigenvalue weighted by Gasteiger charge is -2.19. The summed E-state index contributed by atoms with van der Waals surface area (Å²) in [7, 11) is 0. The summed E-state index contributed by atoms with van der Waals surface area (Å²) < 4.78 is 40.9. The molecule has 0 fully saturated rings. The molecular weight excluding hydrogens is 395 g/mol. The lowest BCUT2D eigenvalue weighted by Crippen LogP contribution is -2.27. The van der Waals surface area contributed by atoms with Crippen LogP contribution in [0.5, 0.6) is 0 Å². The van der Waals surface area contributed by atoms with Crippen molar-refractivity contribution >= 4 is 16.9 Å². The van der Waals surface area contributed by atoms with Gasteiger partial charge < -0.3 is 10.4 Å². The molecule has 0 aliphatic heterocycles. The molecule has 4 rings (SSSR count). The number of rotatable bonds is 6. The van der Waals surface area contributed by atoms with Gasteiger partial charge in [0.2, 0.25) is 0 Å². The van der Waals surface area contributed by atoms with Gasteiger partial charge >= 0.3 is 6.18 Å². The molecule has 3 aromatic heterocycles. The first-order valence-corrected chi connectivity index (χ1v) is 9.24. The Morgan fingerprint density at radius 1 is 1.07 bits per heavy atom. The number of nitrogens with one attached hydrogen (secondary N) is 2. The predicted molar refractivity (Wildman–Crippen MR) is 113 cm³/mol. The molecule has 0 aliphatic rings. The van der Waals surface area contributed by atoms with E-state index in [-0.39, 0.29) is 28.1 Å². The van der Waals surface area contributed by atoms with Crippen molar-refractivity contribution in [3.05, 3.63) is 71.9 Å². The third kappa shape index (κ3) is 4.11. The Morgan fingerprint density at radius 3 is 2.60 bits per heavy atom. The van der Waals surface area contributed by atoms with Gasteiger partial charge in [0.05, 0.1) is 23.9 Å². The molecule has 0 bridgehead atoms. The van der Waals surface area contributed by atoms with Gasteiger partial charge in [-0.05, 0) is 36.2 Å². The van der Waals surface area contributed by atoms with Crippen LogP contribution in [0.2, 0.25) is 0 Å². The zero-order valence-corrected chi connectivity index (χ0v) is 15.7. The molecule has 4 aromatic rings. The number of benzene rings is 1. The highest BCUT2D eigenvalue weighted by Crippen LogP contribution is 2.38. The van der Waals surface area contributed by atoms with Gasteiger partial charge in [-0.2, -0.15) is 18.3 Å². The lowest BCUT2D eigenvalue weighted by molar-refractivity contribution is -0.137. The van der Waals surface area contributed by atoms with Crippen molar-refractivity contribution in [3.63, 3.8) is 0 Å². The summed E-state index contributed by atoms with van der Waals surface area (Å²) in [5, 5.41) is 19.8. The van der Waals surface area contributed by atoms with E-state index in [0.717, 1.165) is 11.6 Å². The number of anilines is 1. The summed E-state index contributed by atoms with van der Waals surface area (Å²) in [6, 6.07) is 14.6. The molecule has 6 nitrogen and oxygen atoms in total. The van der Waals surface area contributed by atoms with Crippen LogP contribution in [0, 0.1) is 0 Å². The Kier molecular flexibility index (Phi) is 5.37. The van der Waals surface area contributed by atoms with Crippen molar-refractivity contribution in [2.45, 2.75) is 18.6 Å². The molecule has 3 heterocycles. The van der Waals surface area contributed by atoms with Gasteiger partial charge in [-0.25, -0.2) is 9.97 Å². The second kappa shape index (κ2) is 8.11. The van der Waals surface area contributed by atoms with Crippen LogP contribution in [0.1, 0.15) is 15.4 Å². The van der Waals surface area contributed by atoms with Crippen molar-refractivity contribution < 1.29 is 22.6 Å². The first-order valence-electron chi connectivity index (χ1n) is 9.24. The van der Waals surface area contributed by atoms with Gasteiger partial charge in [0, 0.05) is 15.9 Å². The zero-order valence-electron chi connectivity index (χ0n) is 15.7. The summed E-state index contributed by atoms with van der Waals surface area (Å²) in [5.41, 5.74) is 0.267. The molecule has 3 N–H and O–H groups in total. The van der Waals surface area contributed by atoms with Crippen molar-refractivity contribution in [1.82, 2.24) is 20.2 Å². The minimum atomic E-state index is -4.60. The monoisotopic (exact) mass is 419 g/mol. The van der Waals surface area contributed by atoms with Crippen LogP contribution in [-0.2, 0) is 12.6 Å². The van der Waals surface area contributed by atoms with E-state index in [1.807, 2.05) is 30.3 Å². The number of fused-ring (bicyclic) bond motifs is 1.